The number of hydrogen-bond acceptors (Lipinski definition) is 5. The highest BCUT2D eigenvalue weighted by Crippen LogP contribution is 2.30. The van der Waals surface area contributed by atoms with Crippen LogP contribution in [-0.2, 0) is 16.1 Å². The molecule has 0 aromatic heterocycles. The fourth-order valence-electron chi connectivity index (χ4n) is 2.81. The second-order valence-corrected chi connectivity index (χ2v) is 7.47. The molecule has 162 valence electrons. The number of methoxy groups -OCH3 is 1. The summed E-state index contributed by atoms with van der Waals surface area (Å²) in [6.07, 6.45) is 0.415. The first-order valence-corrected chi connectivity index (χ1v) is 9.81. The molecule has 0 aliphatic carbocycles. The zero-order chi connectivity index (χ0) is 22.7. The van der Waals surface area contributed by atoms with Crippen LogP contribution >= 0.6 is 23.2 Å². The molecule has 0 unspecified atom stereocenters. The van der Waals surface area contributed by atoms with Gasteiger partial charge in [0.25, 0.3) is 5.91 Å². The predicted octanol–water partition coefficient (Wildman–Crippen LogP) is 3.95. The summed E-state index contributed by atoms with van der Waals surface area (Å²) in [5, 5.41) is 12.3. The number of rotatable bonds is 7. The van der Waals surface area contributed by atoms with Crippen LogP contribution in [0.4, 0.5) is 4.79 Å². The number of aliphatic carboxylic acids is 1. The minimum absolute atomic E-state index is 0.0127. The molecule has 10 heteroatoms. The van der Waals surface area contributed by atoms with Gasteiger partial charge in [-0.1, -0.05) is 35.3 Å². The molecule has 0 saturated carbocycles. The molecule has 2 aromatic rings. The molecule has 0 radical (unpaired) electrons. The molecular formula is C21H18Cl2N2O6. The first kappa shape index (κ1) is 22.5. The van der Waals surface area contributed by atoms with Gasteiger partial charge in [-0.3, -0.25) is 9.69 Å². The SMILES string of the molecule is COc1cc(/C=C2\NC(=O)N(Cc3ccc(Cl)cc3Cl)C2=O)ccc1O[C@@H](C)C(=O)O. The van der Waals surface area contributed by atoms with Gasteiger partial charge in [0.15, 0.2) is 17.6 Å². The molecule has 3 amide bonds. The zero-order valence-corrected chi connectivity index (χ0v) is 18.0. The Morgan fingerprint density at radius 2 is 1.94 bits per heavy atom. The van der Waals surface area contributed by atoms with Crippen LogP contribution in [0.15, 0.2) is 42.1 Å². The highest BCUT2D eigenvalue weighted by atomic mass is 35.5. The van der Waals surface area contributed by atoms with Crippen molar-refractivity contribution in [2.24, 2.45) is 0 Å². The third kappa shape index (κ3) is 5.10. The van der Waals surface area contributed by atoms with Crippen LogP contribution < -0.4 is 14.8 Å². The van der Waals surface area contributed by atoms with E-state index >= 15 is 0 Å². The van der Waals surface area contributed by atoms with Gasteiger partial charge in [-0.05, 0) is 48.4 Å². The van der Waals surface area contributed by atoms with E-state index in [2.05, 4.69) is 5.32 Å². The molecule has 0 bridgehead atoms. The van der Waals surface area contributed by atoms with Crippen molar-refractivity contribution >= 4 is 47.2 Å². The van der Waals surface area contributed by atoms with Crippen LogP contribution in [0.25, 0.3) is 6.08 Å². The number of nitrogens with zero attached hydrogens (tertiary/aromatic N) is 1. The van der Waals surface area contributed by atoms with Crippen molar-refractivity contribution in [3.8, 4) is 11.5 Å². The van der Waals surface area contributed by atoms with Gasteiger partial charge in [0.05, 0.1) is 13.7 Å². The van der Waals surface area contributed by atoms with Crippen molar-refractivity contribution in [2.75, 3.05) is 7.11 Å². The van der Waals surface area contributed by atoms with Gasteiger partial charge in [0, 0.05) is 10.0 Å². The molecule has 31 heavy (non-hydrogen) atoms. The Bertz CT molecular complexity index is 1090. The van der Waals surface area contributed by atoms with Crippen LogP contribution in [-0.4, -0.2) is 41.1 Å². The summed E-state index contributed by atoms with van der Waals surface area (Å²) in [6, 6.07) is 8.93. The largest absolute Gasteiger partial charge is 0.493 e. The number of carboxylic acid groups (broad SMARTS) is 1. The van der Waals surface area contributed by atoms with Gasteiger partial charge >= 0.3 is 12.0 Å². The maximum absolute atomic E-state index is 12.7. The second-order valence-electron chi connectivity index (χ2n) is 6.62. The Morgan fingerprint density at radius 3 is 2.58 bits per heavy atom. The molecule has 1 atom stereocenters. The Labute approximate surface area is 187 Å². The number of urea groups is 1. The molecular weight excluding hydrogens is 447 g/mol. The van der Waals surface area contributed by atoms with E-state index in [-0.39, 0.29) is 23.7 Å². The molecule has 1 heterocycles. The van der Waals surface area contributed by atoms with Crippen molar-refractivity contribution in [3.05, 3.63) is 63.3 Å². The summed E-state index contributed by atoms with van der Waals surface area (Å²) < 4.78 is 10.6. The minimum Gasteiger partial charge on any atom is -0.493 e. The molecule has 8 nitrogen and oxygen atoms in total. The monoisotopic (exact) mass is 464 g/mol. The third-order valence-corrected chi connectivity index (χ3v) is 5.04. The summed E-state index contributed by atoms with van der Waals surface area (Å²) in [5.74, 6) is -1.12. The van der Waals surface area contributed by atoms with E-state index in [0.29, 0.717) is 21.2 Å². The maximum atomic E-state index is 12.7. The number of imide groups is 1. The maximum Gasteiger partial charge on any atom is 0.344 e. The minimum atomic E-state index is -1.12. The summed E-state index contributed by atoms with van der Waals surface area (Å²) in [5.41, 5.74) is 1.19. The lowest BCUT2D eigenvalue weighted by Crippen LogP contribution is -2.30. The average Bonchev–Trinajstić information content (AvgIpc) is 2.98. The second kappa shape index (κ2) is 9.28. The van der Waals surface area contributed by atoms with E-state index in [1.54, 1.807) is 24.3 Å². The quantitative estimate of drug-likeness (QED) is 0.474. The molecule has 1 aliphatic heterocycles. The molecule has 2 aromatic carbocycles. The van der Waals surface area contributed by atoms with Crippen LogP contribution in [0, 0.1) is 0 Å². The lowest BCUT2D eigenvalue weighted by Gasteiger charge is -2.14. The highest BCUT2D eigenvalue weighted by molar-refractivity contribution is 6.35. The van der Waals surface area contributed by atoms with Crippen LogP contribution in [0.2, 0.25) is 10.0 Å². The first-order chi connectivity index (χ1) is 14.7. The number of halogens is 2. The number of carbonyl (C=O) groups excluding carboxylic acids is 2. The number of nitrogens with one attached hydrogen (secondary N) is 1. The Balaban J connectivity index is 1.81. The lowest BCUT2D eigenvalue weighted by atomic mass is 10.1. The molecule has 2 N–H and O–H groups in total. The van der Waals surface area contributed by atoms with Crippen molar-refractivity contribution < 1.29 is 29.0 Å². The van der Waals surface area contributed by atoms with Gasteiger partial charge in [-0.2, -0.15) is 0 Å². The van der Waals surface area contributed by atoms with Gasteiger partial charge in [-0.25, -0.2) is 9.59 Å². The zero-order valence-electron chi connectivity index (χ0n) is 16.5. The summed E-state index contributed by atoms with van der Waals surface area (Å²) >= 11 is 12.0. The molecule has 0 spiro atoms. The number of benzene rings is 2. The van der Waals surface area contributed by atoms with E-state index < -0.39 is 24.0 Å². The van der Waals surface area contributed by atoms with Crippen LogP contribution in [0.3, 0.4) is 0 Å². The molecule has 1 fully saturated rings. The van der Waals surface area contributed by atoms with E-state index in [0.717, 1.165) is 4.90 Å². The van der Waals surface area contributed by atoms with Crippen LogP contribution in [0.1, 0.15) is 18.1 Å². The average molecular weight is 465 g/mol. The van der Waals surface area contributed by atoms with Crippen molar-refractivity contribution in [2.45, 2.75) is 19.6 Å². The number of ether oxygens (including phenoxy) is 2. The summed E-state index contributed by atoms with van der Waals surface area (Å²) in [4.78, 5) is 37.1. The number of carboxylic acids is 1. The lowest BCUT2D eigenvalue weighted by molar-refractivity contribution is -0.144. The van der Waals surface area contributed by atoms with E-state index in [1.807, 2.05) is 0 Å². The van der Waals surface area contributed by atoms with Gasteiger partial charge < -0.3 is 19.9 Å². The highest BCUT2D eigenvalue weighted by Gasteiger charge is 2.34. The number of hydrogen-bond donors (Lipinski definition) is 2. The third-order valence-electron chi connectivity index (χ3n) is 4.46. The number of carbonyl (C=O) groups is 3. The fraction of sp³-hybridized carbons (Fsp3) is 0.190. The van der Waals surface area contributed by atoms with Crippen molar-refractivity contribution in [3.63, 3.8) is 0 Å². The first-order valence-electron chi connectivity index (χ1n) is 9.05. The number of amides is 3. The Hall–Kier alpha value is -3.23. The standard InChI is InChI=1S/C21H18Cl2N2O6/c1-11(20(27)28)31-17-6-3-12(8-18(17)30-2)7-16-19(26)25(21(29)24-16)10-13-4-5-14(22)9-15(13)23/h3-9,11H,10H2,1-2H3,(H,24,29)(H,27,28)/b16-7-/t11-/m0/s1. The smallest absolute Gasteiger partial charge is 0.344 e. The summed E-state index contributed by atoms with van der Waals surface area (Å²) in [7, 11) is 1.41. The van der Waals surface area contributed by atoms with Crippen molar-refractivity contribution in [1.82, 2.24) is 10.2 Å². The fourth-order valence-corrected chi connectivity index (χ4v) is 3.28. The normalized spacial score (nSPS) is 15.7. The summed E-state index contributed by atoms with van der Waals surface area (Å²) in [6.45, 7) is 1.38. The Morgan fingerprint density at radius 1 is 1.19 bits per heavy atom. The predicted molar refractivity (Wildman–Crippen MR) is 114 cm³/mol. The van der Waals surface area contributed by atoms with Gasteiger partial charge in [0.1, 0.15) is 5.70 Å². The molecule has 3 rings (SSSR count). The molecule has 1 aliphatic rings. The Kier molecular flexibility index (Phi) is 6.72. The topological polar surface area (TPSA) is 105 Å². The van der Waals surface area contributed by atoms with Gasteiger partial charge in [0.2, 0.25) is 0 Å². The van der Waals surface area contributed by atoms with Gasteiger partial charge in [-0.15, -0.1) is 0 Å². The van der Waals surface area contributed by atoms with E-state index in [4.69, 9.17) is 37.8 Å². The van der Waals surface area contributed by atoms with E-state index in [9.17, 15) is 14.4 Å². The van der Waals surface area contributed by atoms with E-state index in [1.165, 1.54) is 32.2 Å². The van der Waals surface area contributed by atoms with Crippen molar-refractivity contribution in [1.29, 1.82) is 0 Å². The van der Waals surface area contributed by atoms with Crippen LogP contribution in [0.5, 0.6) is 11.5 Å². The molecule has 1 saturated heterocycles.